The number of nitrogens with zero attached hydrogens (tertiary/aromatic N) is 4. The van der Waals surface area contributed by atoms with Crippen LogP contribution in [0.3, 0.4) is 0 Å². The van der Waals surface area contributed by atoms with E-state index in [4.69, 9.17) is 0 Å². The van der Waals surface area contributed by atoms with Gasteiger partial charge in [0.25, 0.3) is 0 Å². The molecule has 15 heavy (non-hydrogen) atoms. The van der Waals surface area contributed by atoms with Crippen LogP contribution in [0.25, 0.3) is 0 Å². The summed E-state index contributed by atoms with van der Waals surface area (Å²) in [5.74, 6) is 0.806. The fraction of sp³-hybridized carbons (Fsp3) is 0.636. The molecule has 1 aromatic heterocycles. The third-order valence-corrected chi connectivity index (χ3v) is 2.83. The molecule has 0 atom stereocenters. The van der Waals surface area contributed by atoms with Crippen LogP contribution in [0.4, 0.5) is 5.95 Å². The van der Waals surface area contributed by atoms with E-state index in [1.165, 1.54) is 0 Å². The van der Waals surface area contributed by atoms with Crippen LogP contribution in [0.5, 0.6) is 0 Å². The van der Waals surface area contributed by atoms with E-state index in [2.05, 4.69) is 39.8 Å². The molecular formula is C11H17N4. The van der Waals surface area contributed by atoms with Crippen molar-refractivity contribution in [3.8, 4) is 0 Å². The van der Waals surface area contributed by atoms with Crippen LogP contribution >= 0.6 is 0 Å². The van der Waals surface area contributed by atoms with Gasteiger partial charge in [0.2, 0.25) is 5.95 Å². The van der Waals surface area contributed by atoms with Gasteiger partial charge < -0.3 is 4.90 Å². The molecule has 81 valence electrons. The molecule has 1 aromatic rings. The highest BCUT2D eigenvalue weighted by Gasteiger charge is 2.19. The molecule has 1 aliphatic rings. The third-order valence-electron chi connectivity index (χ3n) is 2.83. The topological polar surface area (TPSA) is 32.3 Å². The SMILES string of the molecule is CC(C)N1CCN(c2n[c]ccn2)CC1. The molecule has 0 unspecified atom stereocenters. The second-order valence-electron chi connectivity index (χ2n) is 4.10. The fourth-order valence-corrected chi connectivity index (χ4v) is 1.85. The minimum absolute atomic E-state index is 0.635. The standard InChI is InChI=1S/C11H17N4/c1-10(2)14-6-8-15(9-7-14)11-12-4-3-5-13-11/h3-4,10H,6-9H2,1-2H3. The Morgan fingerprint density at radius 1 is 1.27 bits per heavy atom. The maximum atomic E-state index is 4.24. The average Bonchev–Trinajstić information content (AvgIpc) is 2.30. The Balaban J connectivity index is 1.94. The Labute approximate surface area is 90.9 Å². The highest BCUT2D eigenvalue weighted by molar-refractivity contribution is 5.28. The van der Waals surface area contributed by atoms with Gasteiger partial charge in [-0.15, -0.1) is 0 Å². The summed E-state index contributed by atoms with van der Waals surface area (Å²) in [5, 5.41) is 0. The van der Waals surface area contributed by atoms with Crippen LogP contribution in [-0.2, 0) is 0 Å². The monoisotopic (exact) mass is 205 g/mol. The molecule has 4 heteroatoms. The van der Waals surface area contributed by atoms with E-state index in [0.717, 1.165) is 32.1 Å². The van der Waals surface area contributed by atoms with Crippen molar-refractivity contribution in [2.24, 2.45) is 0 Å². The Kier molecular flexibility index (Phi) is 3.16. The van der Waals surface area contributed by atoms with Crippen LogP contribution in [0.2, 0.25) is 0 Å². The molecule has 0 bridgehead atoms. The molecule has 0 saturated carbocycles. The molecule has 0 amide bonds. The molecule has 0 aromatic carbocycles. The Morgan fingerprint density at radius 3 is 2.53 bits per heavy atom. The lowest BCUT2D eigenvalue weighted by Crippen LogP contribution is -2.49. The summed E-state index contributed by atoms with van der Waals surface area (Å²) in [6, 6.07) is 2.36. The first-order valence-electron chi connectivity index (χ1n) is 5.45. The van der Waals surface area contributed by atoms with Gasteiger partial charge in [-0.25, -0.2) is 9.97 Å². The zero-order valence-electron chi connectivity index (χ0n) is 9.35. The van der Waals surface area contributed by atoms with Gasteiger partial charge in [-0.1, -0.05) is 0 Å². The fourth-order valence-electron chi connectivity index (χ4n) is 1.85. The van der Waals surface area contributed by atoms with Crippen molar-refractivity contribution >= 4 is 5.95 Å². The minimum atomic E-state index is 0.635. The summed E-state index contributed by atoms with van der Waals surface area (Å²) in [6.45, 7) is 8.68. The summed E-state index contributed by atoms with van der Waals surface area (Å²) >= 11 is 0. The van der Waals surface area contributed by atoms with Crippen molar-refractivity contribution in [2.45, 2.75) is 19.9 Å². The Hall–Kier alpha value is -1.16. The summed E-state index contributed by atoms with van der Waals surface area (Å²) in [6.07, 6.45) is 4.57. The van der Waals surface area contributed by atoms with Crippen molar-refractivity contribution in [1.29, 1.82) is 0 Å². The molecular weight excluding hydrogens is 188 g/mol. The van der Waals surface area contributed by atoms with Crippen LogP contribution < -0.4 is 4.90 Å². The van der Waals surface area contributed by atoms with Crippen molar-refractivity contribution in [2.75, 3.05) is 31.1 Å². The van der Waals surface area contributed by atoms with Crippen LogP contribution in [0.15, 0.2) is 12.3 Å². The van der Waals surface area contributed by atoms with Crippen LogP contribution in [0.1, 0.15) is 13.8 Å². The molecule has 0 N–H and O–H groups in total. The van der Waals surface area contributed by atoms with Gasteiger partial charge in [0.15, 0.2) is 0 Å². The van der Waals surface area contributed by atoms with Gasteiger partial charge in [-0.05, 0) is 19.9 Å². The number of hydrogen-bond acceptors (Lipinski definition) is 4. The molecule has 1 radical (unpaired) electrons. The number of rotatable bonds is 2. The summed E-state index contributed by atoms with van der Waals surface area (Å²) in [7, 11) is 0. The molecule has 0 spiro atoms. The van der Waals surface area contributed by atoms with Crippen LogP contribution in [0, 0.1) is 6.20 Å². The van der Waals surface area contributed by atoms with Crippen molar-refractivity contribution in [3.63, 3.8) is 0 Å². The first-order valence-corrected chi connectivity index (χ1v) is 5.45. The summed E-state index contributed by atoms with van der Waals surface area (Å²) in [5.41, 5.74) is 0. The minimum Gasteiger partial charge on any atom is -0.338 e. The quantitative estimate of drug-likeness (QED) is 0.715. The molecule has 1 aliphatic heterocycles. The lowest BCUT2D eigenvalue weighted by Gasteiger charge is -2.36. The molecule has 2 heterocycles. The number of piperazine rings is 1. The largest absolute Gasteiger partial charge is 0.338 e. The van der Waals surface area contributed by atoms with Gasteiger partial charge in [0, 0.05) is 38.4 Å². The average molecular weight is 205 g/mol. The highest BCUT2D eigenvalue weighted by Crippen LogP contribution is 2.10. The predicted molar refractivity (Wildman–Crippen MR) is 59.8 cm³/mol. The lowest BCUT2D eigenvalue weighted by atomic mass is 10.2. The van der Waals surface area contributed by atoms with Gasteiger partial charge >= 0.3 is 0 Å². The van der Waals surface area contributed by atoms with E-state index in [-0.39, 0.29) is 0 Å². The number of aromatic nitrogens is 2. The van der Waals surface area contributed by atoms with E-state index >= 15 is 0 Å². The maximum absolute atomic E-state index is 4.24. The molecule has 2 rings (SSSR count). The number of anilines is 1. The highest BCUT2D eigenvalue weighted by atomic mass is 15.3. The zero-order valence-corrected chi connectivity index (χ0v) is 9.35. The van der Waals surface area contributed by atoms with Crippen LogP contribution in [-0.4, -0.2) is 47.1 Å². The van der Waals surface area contributed by atoms with Crippen molar-refractivity contribution in [1.82, 2.24) is 14.9 Å². The smallest absolute Gasteiger partial charge is 0.225 e. The van der Waals surface area contributed by atoms with Gasteiger partial charge in [0.05, 0.1) is 6.20 Å². The summed E-state index contributed by atoms with van der Waals surface area (Å²) < 4.78 is 0. The third kappa shape index (κ3) is 2.45. The normalized spacial score (nSPS) is 18.5. The van der Waals surface area contributed by atoms with E-state index in [0.29, 0.717) is 6.04 Å². The molecule has 4 nitrogen and oxygen atoms in total. The molecule has 1 saturated heterocycles. The lowest BCUT2D eigenvalue weighted by molar-refractivity contribution is 0.208. The van der Waals surface area contributed by atoms with Gasteiger partial charge in [-0.2, -0.15) is 0 Å². The Morgan fingerprint density at radius 2 is 2.00 bits per heavy atom. The first-order chi connectivity index (χ1) is 7.27. The van der Waals surface area contributed by atoms with Crippen molar-refractivity contribution in [3.05, 3.63) is 18.5 Å². The zero-order chi connectivity index (χ0) is 10.7. The van der Waals surface area contributed by atoms with E-state index in [1.54, 1.807) is 12.3 Å². The van der Waals surface area contributed by atoms with E-state index < -0.39 is 0 Å². The second-order valence-corrected chi connectivity index (χ2v) is 4.10. The predicted octanol–water partition coefficient (Wildman–Crippen LogP) is 0.807. The van der Waals surface area contributed by atoms with Gasteiger partial charge in [0.1, 0.15) is 0 Å². The van der Waals surface area contributed by atoms with E-state index in [1.807, 2.05) is 0 Å². The number of hydrogen-bond donors (Lipinski definition) is 0. The second kappa shape index (κ2) is 4.57. The Bertz CT molecular complexity index is 291. The summed E-state index contributed by atoms with van der Waals surface area (Å²) in [4.78, 5) is 13.1. The van der Waals surface area contributed by atoms with Crippen molar-refractivity contribution < 1.29 is 0 Å². The van der Waals surface area contributed by atoms with Gasteiger partial charge in [-0.3, -0.25) is 4.90 Å². The van der Waals surface area contributed by atoms with E-state index in [9.17, 15) is 0 Å². The molecule has 1 fully saturated rings. The maximum Gasteiger partial charge on any atom is 0.225 e. The first kappa shape index (κ1) is 10.4. The molecule has 0 aliphatic carbocycles.